The smallest absolute Gasteiger partial charge is 0.243 e. The van der Waals surface area contributed by atoms with E-state index < -0.39 is 0 Å². The van der Waals surface area contributed by atoms with Crippen LogP contribution in [0.2, 0.25) is 0 Å². The molecule has 25 heavy (non-hydrogen) atoms. The van der Waals surface area contributed by atoms with Crippen LogP contribution in [-0.4, -0.2) is 19.2 Å². The van der Waals surface area contributed by atoms with Crippen molar-refractivity contribution < 1.29 is 14.3 Å². The van der Waals surface area contributed by atoms with E-state index >= 15 is 0 Å². The van der Waals surface area contributed by atoms with Crippen molar-refractivity contribution in [2.45, 2.75) is 46.0 Å². The van der Waals surface area contributed by atoms with Crippen LogP contribution in [0.25, 0.3) is 6.08 Å². The molecule has 1 N–H and O–H groups in total. The summed E-state index contributed by atoms with van der Waals surface area (Å²) >= 11 is 0. The minimum atomic E-state index is 0.0167. The number of hydrogen-bond acceptors (Lipinski definition) is 3. The van der Waals surface area contributed by atoms with E-state index in [0.717, 1.165) is 55.7 Å². The van der Waals surface area contributed by atoms with Crippen molar-refractivity contribution in [3.8, 4) is 11.5 Å². The fourth-order valence-corrected chi connectivity index (χ4v) is 2.43. The highest BCUT2D eigenvalue weighted by molar-refractivity contribution is 5.87. The lowest BCUT2D eigenvalue weighted by molar-refractivity contribution is -0.116. The van der Waals surface area contributed by atoms with Crippen molar-refractivity contribution in [2.24, 2.45) is 5.92 Å². The molecular formula is C21H29NO3. The molecule has 1 amide bonds. The molecule has 1 aliphatic rings. The van der Waals surface area contributed by atoms with Crippen LogP contribution >= 0.6 is 0 Å². The average molecular weight is 343 g/mol. The second-order valence-electron chi connectivity index (χ2n) is 6.46. The Balaban J connectivity index is 1.56. The van der Waals surface area contributed by atoms with E-state index in [1.807, 2.05) is 24.3 Å². The molecule has 0 spiro atoms. The molecule has 4 heteroatoms. The van der Waals surface area contributed by atoms with Gasteiger partial charge in [0.1, 0.15) is 0 Å². The van der Waals surface area contributed by atoms with Crippen LogP contribution in [-0.2, 0) is 4.79 Å². The van der Waals surface area contributed by atoms with Crippen molar-refractivity contribution in [3.05, 3.63) is 42.0 Å². The Labute approximate surface area is 150 Å². The number of nitrogens with one attached hydrogen (secondary N) is 1. The van der Waals surface area contributed by atoms with Crippen LogP contribution in [0.1, 0.15) is 51.5 Å². The van der Waals surface area contributed by atoms with Crippen LogP contribution in [0, 0.1) is 5.92 Å². The number of fused-ring (bicyclic) bond motifs is 1. The predicted molar refractivity (Wildman–Crippen MR) is 102 cm³/mol. The maximum Gasteiger partial charge on any atom is 0.243 e. The third-order valence-corrected chi connectivity index (χ3v) is 4.29. The molecule has 2 rings (SSSR count). The van der Waals surface area contributed by atoms with Gasteiger partial charge in [-0.3, -0.25) is 4.79 Å². The van der Waals surface area contributed by atoms with E-state index in [1.165, 1.54) is 0 Å². The first-order valence-corrected chi connectivity index (χ1v) is 9.19. The van der Waals surface area contributed by atoms with Gasteiger partial charge in [-0.25, -0.2) is 0 Å². The standard InChI is InChI=1S/C21H29NO3/c1-3-17(2)15-22-21(23)11-9-7-5-4-6-8-10-18-12-13-19-20(14-18)25-16-24-19/h8-14,17H,3-7,15-16H2,1-2H3,(H,22,23)/t17-/m1/s1. The molecule has 0 fully saturated rings. The second-order valence-corrected chi connectivity index (χ2v) is 6.46. The first kappa shape index (κ1) is 19.1. The van der Waals surface area contributed by atoms with Gasteiger partial charge in [0.2, 0.25) is 12.7 Å². The summed E-state index contributed by atoms with van der Waals surface area (Å²) in [4.78, 5) is 11.6. The van der Waals surface area contributed by atoms with Crippen LogP contribution in [0.5, 0.6) is 11.5 Å². The number of hydrogen-bond donors (Lipinski definition) is 1. The van der Waals surface area contributed by atoms with Crippen LogP contribution in [0.15, 0.2) is 36.4 Å². The molecule has 0 unspecified atom stereocenters. The van der Waals surface area contributed by atoms with Crippen molar-refractivity contribution >= 4 is 12.0 Å². The summed E-state index contributed by atoms with van der Waals surface area (Å²) in [5.41, 5.74) is 1.13. The molecule has 4 nitrogen and oxygen atoms in total. The SMILES string of the molecule is CC[C@@H](C)CNC(=O)C=CCCCCC=Cc1ccc2c(c1)OCO2. The molecule has 0 aliphatic carbocycles. The van der Waals surface area contributed by atoms with Gasteiger partial charge in [0, 0.05) is 6.54 Å². The Morgan fingerprint density at radius 2 is 1.96 bits per heavy atom. The van der Waals surface area contributed by atoms with Crippen LogP contribution < -0.4 is 14.8 Å². The van der Waals surface area contributed by atoms with Crippen molar-refractivity contribution in [1.82, 2.24) is 5.32 Å². The lowest BCUT2D eigenvalue weighted by Gasteiger charge is -2.07. The number of unbranched alkanes of at least 4 members (excludes halogenated alkanes) is 3. The third kappa shape index (κ3) is 7.04. The molecule has 1 aromatic carbocycles. The summed E-state index contributed by atoms with van der Waals surface area (Å²) in [6.45, 7) is 5.34. The largest absolute Gasteiger partial charge is 0.454 e. The molecule has 0 radical (unpaired) electrons. The third-order valence-electron chi connectivity index (χ3n) is 4.29. The van der Waals surface area contributed by atoms with Gasteiger partial charge in [-0.1, -0.05) is 44.6 Å². The van der Waals surface area contributed by atoms with E-state index in [9.17, 15) is 4.79 Å². The lowest BCUT2D eigenvalue weighted by Crippen LogP contribution is -2.26. The van der Waals surface area contributed by atoms with Crippen molar-refractivity contribution in [3.63, 3.8) is 0 Å². The van der Waals surface area contributed by atoms with Gasteiger partial charge < -0.3 is 14.8 Å². The van der Waals surface area contributed by atoms with Gasteiger partial charge in [0.25, 0.3) is 0 Å². The molecule has 1 aromatic rings. The van der Waals surface area contributed by atoms with Crippen molar-refractivity contribution in [2.75, 3.05) is 13.3 Å². The number of amides is 1. The van der Waals surface area contributed by atoms with Gasteiger partial charge in [0.15, 0.2) is 11.5 Å². The lowest BCUT2D eigenvalue weighted by atomic mass is 10.1. The van der Waals surface area contributed by atoms with E-state index in [4.69, 9.17) is 9.47 Å². The quantitative estimate of drug-likeness (QED) is 0.494. The van der Waals surface area contributed by atoms with Gasteiger partial charge in [-0.05, 0) is 55.4 Å². The zero-order chi connectivity index (χ0) is 17.9. The van der Waals surface area contributed by atoms with Gasteiger partial charge in [-0.2, -0.15) is 0 Å². The summed E-state index contributed by atoms with van der Waals surface area (Å²) < 4.78 is 10.7. The number of allylic oxidation sites excluding steroid dienone is 2. The number of benzene rings is 1. The zero-order valence-corrected chi connectivity index (χ0v) is 15.3. The summed E-state index contributed by atoms with van der Waals surface area (Å²) in [7, 11) is 0. The van der Waals surface area contributed by atoms with E-state index in [0.29, 0.717) is 12.7 Å². The minimum Gasteiger partial charge on any atom is -0.454 e. The summed E-state index contributed by atoms with van der Waals surface area (Å²) in [6.07, 6.45) is 13.2. The Morgan fingerprint density at radius 1 is 1.20 bits per heavy atom. The molecule has 0 aromatic heterocycles. The topological polar surface area (TPSA) is 47.6 Å². The monoisotopic (exact) mass is 343 g/mol. The van der Waals surface area contributed by atoms with E-state index in [2.05, 4.69) is 31.3 Å². The van der Waals surface area contributed by atoms with Crippen LogP contribution in [0.4, 0.5) is 0 Å². The highest BCUT2D eigenvalue weighted by Crippen LogP contribution is 2.32. The molecule has 1 atom stereocenters. The van der Waals surface area contributed by atoms with E-state index in [1.54, 1.807) is 6.08 Å². The minimum absolute atomic E-state index is 0.0167. The number of rotatable bonds is 10. The number of carbonyl (C=O) groups is 1. The average Bonchev–Trinajstić information content (AvgIpc) is 3.09. The highest BCUT2D eigenvalue weighted by atomic mass is 16.7. The first-order chi connectivity index (χ1) is 12.2. The summed E-state index contributed by atoms with van der Waals surface area (Å²) in [5.74, 6) is 2.19. The second kappa shape index (κ2) is 10.6. The van der Waals surface area contributed by atoms with Crippen molar-refractivity contribution in [1.29, 1.82) is 0 Å². The number of ether oxygens (including phenoxy) is 2. The number of carbonyl (C=O) groups excluding carboxylic acids is 1. The fraction of sp³-hybridized carbons (Fsp3) is 0.476. The Kier molecular flexibility index (Phi) is 8.10. The molecule has 1 heterocycles. The Bertz CT molecular complexity index is 607. The maximum absolute atomic E-state index is 11.6. The summed E-state index contributed by atoms with van der Waals surface area (Å²) in [5, 5.41) is 2.92. The summed E-state index contributed by atoms with van der Waals surface area (Å²) in [6, 6.07) is 5.98. The molecule has 136 valence electrons. The Morgan fingerprint density at radius 3 is 2.76 bits per heavy atom. The fourth-order valence-electron chi connectivity index (χ4n) is 2.43. The molecular weight excluding hydrogens is 314 g/mol. The van der Waals surface area contributed by atoms with Gasteiger partial charge >= 0.3 is 0 Å². The maximum atomic E-state index is 11.6. The first-order valence-electron chi connectivity index (χ1n) is 9.19. The molecule has 1 aliphatic heterocycles. The van der Waals surface area contributed by atoms with Gasteiger partial charge in [0.05, 0.1) is 0 Å². The predicted octanol–water partition coefficient (Wildman–Crippen LogP) is 4.71. The van der Waals surface area contributed by atoms with Crippen LogP contribution in [0.3, 0.4) is 0 Å². The van der Waals surface area contributed by atoms with Gasteiger partial charge in [-0.15, -0.1) is 0 Å². The molecule has 0 saturated carbocycles. The zero-order valence-electron chi connectivity index (χ0n) is 15.3. The normalized spacial score (nSPS) is 14.3. The van der Waals surface area contributed by atoms with E-state index in [-0.39, 0.29) is 5.91 Å². The molecule has 0 saturated heterocycles. The highest BCUT2D eigenvalue weighted by Gasteiger charge is 2.11. The molecule has 0 bridgehead atoms. The Hall–Kier alpha value is -2.23.